The Bertz CT molecular complexity index is 788. The number of nitrogens with one attached hydrogen (secondary N) is 2. The average Bonchev–Trinajstić information content (AvgIpc) is 3.36. The number of hydrogen-bond donors (Lipinski definition) is 2. The SMILES string of the molecule is COCC(=O)Nc1cccc(NC(=O)[C@@H]2C[C@@H]2c2ccccc2C)c1. The fourth-order valence-electron chi connectivity index (χ4n) is 3.07. The van der Waals surface area contributed by atoms with Crippen molar-refractivity contribution in [3.05, 3.63) is 59.7 Å². The largest absolute Gasteiger partial charge is 0.375 e. The van der Waals surface area contributed by atoms with Crippen LogP contribution < -0.4 is 10.6 Å². The van der Waals surface area contributed by atoms with Crippen molar-refractivity contribution in [2.45, 2.75) is 19.3 Å². The van der Waals surface area contributed by atoms with Crippen LogP contribution in [0.15, 0.2) is 48.5 Å². The number of methoxy groups -OCH3 is 1. The first kappa shape index (κ1) is 17.2. The lowest BCUT2D eigenvalue weighted by molar-refractivity contribution is -0.119. The third kappa shape index (κ3) is 4.25. The summed E-state index contributed by atoms with van der Waals surface area (Å²) in [5.74, 6) is 0.0973. The van der Waals surface area contributed by atoms with Gasteiger partial charge >= 0.3 is 0 Å². The summed E-state index contributed by atoms with van der Waals surface area (Å²) in [4.78, 5) is 24.1. The lowest BCUT2D eigenvalue weighted by Crippen LogP contribution is -2.18. The van der Waals surface area contributed by atoms with Gasteiger partial charge in [-0.2, -0.15) is 0 Å². The molecule has 5 heteroatoms. The maximum atomic E-state index is 12.5. The van der Waals surface area contributed by atoms with E-state index in [9.17, 15) is 9.59 Å². The number of anilines is 2. The fraction of sp³-hybridized carbons (Fsp3) is 0.300. The van der Waals surface area contributed by atoms with Crippen LogP contribution in [0.25, 0.3) is 0 Å². The van der Waals surface area contributed by atoms with Crippen LogP contribution in [-0.2, 0) is 14.3 Å². The molecule has 1 aliphatic rings. The van der Waals surface area contributed by atoms with Gasteiger partial charge in [0.2, 0.25) is 11.8 Å². The van der Waals surface area contributed by atoms with E-state index in [1.807, 2.05) is 18.2 Å². The number of amides is 2. The Hall–Kier alpha value is -2.66. The maximum Gasteiger partial charge on any atom is 0.250 e. The Balaban J connectivity index is 1.61. The molecule has 25 heavy (non-hydrogen) atoms. The predicted octanol–water partition coefficient (Wildman–Crippen LogP) is 3.32. The third-order valence-electron chi connectivity index (χ3n) is 4.40. The second kappa shape index (κ2) is 7.49. The molecule has 2 aromatic rings. The first-order valence-corrected chi connectivity index (χ1v) is 8.33. The number of benzene rings is 2. The molecule has 0 aromatic heterocycles. The van der Waals surface area contributed by atoms with E-state index in [1.165, 1.54) is 18.2 Å². The van der Waals surface area contributed by atoms with Crippen molar-refractivity contribution in [1.29, 1.82) is 0 Å². The van der Waals surface area contributed by atoms with Crippen LogP contribution in [0.3, 0.4) is 0 Å². The smallest absolute Gasteiger partial charge is 0.250 e. The molecule has 130 valence electrons. The van der Waals surface area contributed by atoms with Crippen LogP contribution in [0.2, 0.25) is 0 Å². The van der Waals surface area contributed by atoms with Gasteiger partial charge in [-0.05, 0) is 48.6 Å². The molecule has 0 aliphatic heterocycles. The fourth-order valence-corrected chi connectivity index (χ4v) is 3.07. The number of ether oxygens (including phenoxy) is 1. The highest BCUT2D eigenvalue weighted by atomic mass is 16.5. The van der Waals surface area contributed by atoms with Gasteiger partial charge in [0.1, 0.15) is 6.61 Å². The van der Waals surface area contributed by atoms with Crippen molar-refractivity contribution in [2.75, 3.05) is 24.4 Å². The minimum Gasteiger partial charge on any atom is -0.375 e. The van der Waals surface area contributed by atoms with E-state index in [4.69, 9.17) is 4.74 Å². The molecule has 2 N–H and O–H groups in total. The summed E-state index contributed by atoms with van der Waals surface area (Å²) >= 11 is 0. The van der Waals surface area contributed by atoms with Gasteiger partial charge in [-0.15, -0.1) is 0 Å². The summed E-state index contributed by atoms with van der Waals surface area (Å²) in [6, 6.07) is 15.3. The molecule has 0 saturated heterocycles. The Labute approximate surface area is 147 Å². The highest BCUT2D eigenvalue weighted by Gasteiger charge is 2.44. The van der Waals surface area contributed by atoms with Crippen molar-refractivity contribution in [2.24, 2.45) is 5.92 Å². The van der Waals surface area contributed by atoms with E-state index in [0.717, 1.165) is 6.42 Å². The van der Waals surface area contributed by atoms with Gasteiger partial charge in [0.25, 0.3) is 0 Å². The first-order valence-electron chi connectivity index (χ1n) is 8.33. The normalized spacial score (nSPS) is 18.5. The lowest BCUT2D eigenvalue weighted by Gasteiger charge is -2.09. The van der Waals surface area contributed by atoms with Gasteiger partial charge in [-0.3, -0.25) is 9.59 Å². The van der Waals surface area contributed by atoms with E-state index in [2.05, 4.69) is 29.7 Å². The van der Waals surface area contributed by atoms with Gasteiger partial charge < -0.3 is 15.4 Å². The quantitative estimate of drug-likeness (QED) is 0.849. The molecule has 0 unspecified atom stereocenters. The van der Waals surface area contributed by atoms with Crippen molar-refractivity contribution < 1.29 is 14.3 Å². The van der Waals surface area contributed by atoms with Crippen LogP contribution >= 0.6 is 0 Å². The highest BCUT2D eigenvalue weighted by molar-refractivity contribution is 5.97. The topological polar surface area (TPSA) is 67.4 Å². The molecule has 1 saturated carbocycles. The zero-order chi connectivity index (χ0) is 17.8. The van der Waals surface area contributed by atoms with Crippen molar-refractivity contribution in [3.8, 4) is 0 Å². The number of hydrogen-bond acceptors (Lipinski definition) is 3. The molecule has 1 aliphatic carbocycles. The van der Waals surface area contributed by atoms with E-state index in [0.29, 0.717) is 17.3 Å². The first-order chi connectivity index (χ1) is 12.1. The average molecular weight is 338 g/mol. The van der Waals surface area contributed by atoms with Crippen molar-refractivity contribution in [3.63, 3.8) is 0 Å². The zero-order valence-corrected chi connectivity index (χ0v) is 14.4. The molecule has 2 amide bonds. The van der Waals surface area contributed by atoms with Crippen molar-refractivity contribution in [1.82, 2.24) is 0 Å². The Morgan fingerprint density at radius 1 is 1.08 bits per heavy atom. The number of carbonyl (C=O) groups excluding carboxylic acids is 2. The molecule has 0 spiro atoms. The second-order valence-corrected chi connectivity index (χ2v) is 6.36. The Kier molecular flexibility index (Phi) is 5.14. The lowest BCUT2D eigenvalue weighted by atomic mass is 10.0. The Morgan fingerprint density at radius 2 is 1.80 bits per heavy atom. The number of carbonyl (C=O) groups is 2. The van der Waals surface area contributed by atoms with Crippen molar-refractivity contribution >= 4 is 23.2 Å². The zero-order valence-electron chi connectivity index (χ0n) is 14.4. The van der Waals surface area contributed by atoms with Crippen LogP contribution in [0.5, 0.6) is 0 Å². The summed E-state index contributed by atoms with van der Waals surface area (Å²) in [6.07, 6.45) is 0.876. The van der Waals surface area contributed by atoms with Crippen LogP contribution in [0, 0.1) is 12.8 Å². The van der Waals surface area contributed by atoms with Crippen LogP contribution in [-0.4, -0.2) is 25.5 Å². The van der Waals surface area contributed by atoms with Gasteiger partial charge in [-0.1, -0.05) is 30.3 Å². The molecule has 2 atom stereocenters. The summed E-state index contributed by atoms with van der Waals surface area (Å²) < 4.78 is 4.79. The molecule has 2 aromatic carbocycles. The minimum atomic E-state index is -0.229. The highest BCUT2D eigenvalue weighted by Crippen LogP contribution is 2.48. The monoisotopic (exact) mass is 338 g/mol. The molecule has 3 rings (SSSR count). The molecule has 1 fully saturated rings. The van der Waals surface area contributed by atoms with E-state index in [-0.39, 0.29) is 24.3 Å². The number of rotatable bonds is 6. The predicted molar refractivity (Wildman–Crippen MR) is 97.6 cm³/mol. The van der Waals surface area contributed by atoms with E-state index in [1.54, 1.807) is 18.2 Å². The molecule has 0 radical (unpaired) electrons. The van der Waals surface area contributed by atoms with Gasteiger partial charge in [0.05, 0.1) is 0 Å². The number of aryl methyl sites for hydroxylation is 1. The van der Waals surface area contributed by atoms with Gasteiger partial charge in [-0.25, -0.2) is 0 Å². The second-order valence-electron chi connectivity index (χ2n) is 6.36. The summed E-state index contributed by atoms with van der Waals surface area (Å²) in [7, 11) is 1.47. The van der Waals surface area contributed by atoms with E-state index >= 15 is 0 Å². The summed E-state index contributed by atoms with van der Waals surface area (Å²) in [5.41, 5.74) is 3.79. The van der Waals surface area contributed by atoms with Crippen LogP contribution in [0.1, 0.15) is 23.5 Å². The molecular weight excluding hydrogens is 316 g/mol. The molecule has 0 heterocycles. The molecule has 5 nitrogen and oxygen atoms in total. The molecule has 0 bridgehead atoms. The van der Waals surface area contributed by atoms with Gasteiger partial charge in [0, 0.05) is 24.4 Å². The molecular formula is C20H22N2O3. The van der Waals surface area contributed by atoms with Crippen LogP contribution in [0.4, 0.5) is 11.4 Å². The Morgan fingerprint density at radius 3 is 2.52 bits per heavy atom. The summed E-state index contributed by atoms with van der Waals surface area (Å²) in [5, 5.41) is 5.68. The maximum absolute atomic E-state index is 12.5. The third-order valence-corrected chi connectivity index (χ3v) is 4.40. The standard InChI is InChI=1S/C20H22N2O3/c1-13-6-3-4-9-16(13)17-11-18(17)20(24)22-15-8-5-7-14(10-15)21-19(23)12-25-2/h3-10,17-18H,11-12H2,1-2H3,(H,21,23)(H,22,24)/t17-,18-/m1/s1. The summed E-state index contributed by atoms with van der Waals surface area (Å²) in [6.45, 7) is 2.07. The van der Waals surface area contributed by atoms with E-state index < -0.39 is 0 Å². The van der Waals surface area contributed by atoms with Gasteiger partial charge in [0.15, 0.2) is 0 Å². The minimum absolute atomic E-state index is 0.00321.